The second-order valence-corrected chi connectivity index (χ2v) is 35.7. The molecule has 0 radical (unpaired) electrons. The number of nitrogens with two attached hydrogens (primary N) is 1. The van der Waals surface area contributed by atoms with Crippen LogP contribution < -0.4 is 52.6 Å². The number of fused-ring (bicyclic) bond motifs is 1. The second-order valence-electron chi connectivity index (χ2n) is 35.2. The number of rotatable bonds is 44. The fraction of sp³-hybridized carbons (Fsp3) is 0.570. The van der Waals surface area contributed by atoms with Crippen LogP contribution in [0.1, 0.15) is 150 Å². The molecule has 2 aromatic heterocycles. The number of carbonyl (C=O) groups excluding carboxylic acids is 9. The van der Waals surface area contributed by atoms with E-state index in [1.807, 2.05) is 32.9 Å². The summed E-state index contributed by atoms with van der Waals surface area (Å²) in [6, 6.07) is 16.2. The van der Waals surface area contributed by atoms with Crippen molar-refractivity contribution in [3.8, 4) is 28.3 Å². The Bertz CT molecular complexity index is 4890. The molecule has 38 heteroatoms. The van der Waals surface area contributed by atoms with Crippen LogP contribution in [-0.4, -0.2) is 280 Å². The van der Waals surface area contributed by atoms with E-state index < -0.39 is 169 Å². The number of carbonyl (C=O) groups is 10. The molecule has 4 aromatic carbocycles. The number of aryl methyl sites for hydroxylation is 1. The predicted molar refractivity (Wildman–Crippen MR) is 488 cm³/mol. The number of methoxy groups -OCH3 is 2. The average molecular weight is 1850 g/mol. The van der Waals surface area contributed by atoms with Gasteiger partial charge in [0.2, 0.25) is 53.5 Å². The lowest BCUT2D eigenvalue weighted by molar-refractivity contribution is -0.271. The number of carboxylic acid groups (broad SMARTS) is 1. The normalized spacial score (nSPS) is 19.7. The number of ether oxygens (including phenoxy) is 6. The number of aliphatic hydroxyl groups is 4. The lowest BCUT2D eigenvalue weighted by Gasteiger charge is -2.41. The van der Waals surface area contributed by atoms with Crippen LogP contribution in [0.5, 0.6) is 5.75 Å². The van der Waals surface area contributed by atoms with Gasteiger partial charge in [-0.15, -0.1) is 0 Å². The number of nitrogens with one attached hydrogen (secondary N) is 8. The molecule has 3 aliphatic heterocycles. The molecule has 3 saturated heterocycles. The van der Waals surface area contributed by atoms with Crippen molar-refractivity contribution in [2.75, 3.05) is 89.8 Å². The molecule has 6 aromatic rings. The zero-order valence-electron chi connectivity index (χ0n) is 77.4. The van der Waals surface area contributed by atoms with Gasteiger partial charge in [0.05, 0.1) is 90.0 Å². The Morgan fingerprint density at radius 3 is 2.07 bits per heavy atom. The minimum Gasteiger partial charge on any atom is -0.479 e. The predicted octanol–water partition coefficient (Wildman–Crippen LogP) is 7.09. The van der Waals surface area contributed by atoms with Gasteiger partial charge < -0.3 is 117 Å². The zero-order valence-corrected chi connectivity index (χ0v) is 78.1. The number of hydrogen-bond donors (Lipinski definition) is 14. The molecule has 0 unspecified atom stereocenters. The van der Waals surface area contributed by atoms with Crippen molar-refractivity contribution in [1.29, 1.82) is 0 Å². The van der Waals surface area contributed by atoms with Gasteiger partial charge >= 0.3 is 12.1 Å². The number of aliphatic carboxylic acids is 1. The zero-order chi connectivity index (χ0) is 96.1. The highest BCUT2D eigenvalue weighted by Crippen LogP contribution is 2.45. The minimum absolute atomic E-state index is 0.0118. The standard InChI is InChI=1S/C93H131ClFN15O21/c1-17-52(9)76(68(126-15)45-71(113)110-35-21-24-66(110)82(127-16)53(10)86(118)100-54(11)78(114)57-22-19-18-20-23-57)107(13)90(122)74(49(4)5)106-89(121)75(50(6)7)108(14)93(125)129-47-56-25-27-64(67(42-56)130-92-81(117)79(115)80(116)83(131-92)91(123)124)104-87(119)55(12)101-88(120)73(48(2)3)105-70(112)32-39-128-38-31-69(111)97-33-34-98-84-72(85-102-63-28-26-59(94)44-65(63)103-85)77(109-36-29-61(96)30-37-109)62(46-99-84)58-40-51(8)41-60(95)43-58/h18-20,22-23,25-28,40-44,46,48-50,52-55,61,66,68,73-76,78-83,92,114-117H,17,21,24,29-39,45,47,96H2,1-16H3,(H,97,111)(H,98,99)(H,100,118)(H,101,120)(H,102,103)(H,104,119)(H,105,112)(H,106,121)(H,123,124)/t52-,53+,54+,55-,66-,68+,73-,74-,75-,76-,78+,79-,80-,81+,82+,83-,92+/m0/s1. The monoisotopic (exact) mass is 1850 g/mol. The molecule has 36 nitrogen and oxygen atoms in total. The molecule has 0 aliphatic carbocycles. The summed E-state index contributed by atoms with van der Waals surface area (Å²) in [4.78, 5) is 159. The Morgan fingerprint density at radius 1 is 0.740 bits per heavy atom. The van der Waals surface area contributed by atoms with Crippen molar-refractivity contribution in [2.45, 2.75) is 238 Å². The Hall–Kier alpha value is -10.7. The first-order valence-corrected chi connectivity index (χ1v) is 45.1. The molecular weight excluding hydrogens is 1720 g/mol. The van der Waals surface area contributed by atoms with Crippen molar-refractivity contribution in [3.63, 3.8) is 0 Å². The molecule has 0 saturated carbocycles. The quantitative estimate of drug-likeness (QED) is 0.0170. The molecule has 0 spiro atoms. The van der Waals surface area contributed by atoms with Crippen molar-refractivity contribution in [3.05, 3.63) is 119 Å². The van der Waals surface area contributed by atoms with E-state index in [9.17, 15) is 68.7 Å². The molecule has 5 heterocycles. The largest absolute Gasteiger partial charge is 0.479 e. The van der Waals surface area contributed by atoms with Crippen molar-refractivity contribution in [1.82, 2.24) is 56.2 Å². The number of carboxylic acids is 1. The molecule has 9 rings (SSSR count). The van der Waals surface area contributed by atoms with Gasteiger partial charge in [0.15, 0.2) is 6.10 Å². The molecular formula is C93H131ClFN15O21. The van der Waals surface area contributed by atoms with E-state index >= 15 is 9.18 Å². The highest BCUT2D eigenvalue weighted by Gasteiger charge is 2.50. The van der Waals surface area contributed by atoms with Crippen LogP contribution in [0.4, 0.5) is 26.4 Å². The van der Waals surface area contributed by atoms with Gasteiger partial charge in [-0.3, -0.25) is 43.3 Å². The van der Waals surface area contributed by atoms with Gasteiger partial charge in [0.1, 0.15) is 72.3 Å². The van der Waals surface area contributed by atoms with Crippen molar-refractivity contribution < 1.29 is 106 Å². The molecule has 3 fully saturated rings. The number of aromatic nitrogens is 3. The lowest BCUT2D eigenvalue weighted by Crippen LogP contribution is -2.61. The third kappa shape index (κ3) is 27.0. The SMILES string of the molecule is CC[C@H](C)[C@@H]([C@@H](CC(=O)N1CCC[C@H]1[C@H](OC)[C@@H](C)C(=O)N[C@H](C)[C@@H](O)c1ccccc1)OC)N(C)C(=O)[C@@H](NC(=O)[C@H](C(C)C)N(C)C(=O)OCc1ccc(NC(=O)[C@H](C)NC(=O)[C@@H](NC(=O)CCOCCC(=O)NCCNc2ncc(-c3cc(C)cc(F)c3)c(N3CCC(N)CC3)c2-c2nc3ccc(Cl)cc3[nH]2)C(C)C)c(O[C@@H]2O[C@H](C(=O)O)[C@@H](O)[C@H](O)[C@H]2O)c1)C(C)C. The molecule has 17 atom stereocenters. The first-order chi connectivity index (χ1) is 62.2. The Morgan fingerprint density at radius 2 is 1.43 bits per heavy atom. The van der Waals surface area contributed by atoms with E-state index in [-0.39, 0.29) is 92.2 Å². The van der Waals surface area contributed by atoms with Gasteiger partial charge in [-0.05, 0) is 135 Å². The molecule has 131 heavy (non-hydrogen) atoms. The van der Waals surface area contributed by atoms with Crippen LogP contribution in [0.3, 0.4) is 0 Å². The number of likely N-dealkylation sites (N-methyl/N-ethyl adjacent to an activating group) is 2. The van der Waals surface area contributed by atoms with Crippen LogP contribution in [0.25, 0.3) is 33.5 Å². The molecule has 15 N–H and O–H groups in total. The van der Waals surface area contributed by atoms with Gasteiger partial charge in [-0.2, -0.15) is 0 Å². The van der Waals surface area contributed by atoms with Gasteiger partial charge in [0.25, 0.3) is 0 Å². The number of pyridine rings is 1. The van der Waals surface area contributed by atoms with Crippen LogP contribution >= 0.6 is 11.6 Å². The smallest absolute Gasteiger partial charge is 0.410 e. The number of nitrogens with zero attached hydrogens (tertiary/aromatic N) is 6. The Balaban J connectivity index is 0.783. The number of halogens is 2. The molecule has 718 valence electrons. The summed E-state index contributed by atoms with van der Waals surface area (Å²) in [6.07, 6.45) is -9.57. The fourth-order valence-corrected chi connectivity index (χ4v) is 17.0. The minimum atomic E-state index is -2.12. The number of piperidine rings is 1. The van der Waals surface area contributed by atoms with Gasteiger partial charge in [-0.1, -0.05) is 123 Å². The molecule has 0 bridgehead atoms. The first-order valence-electron chi connectivity index (χ1n) is 44.7. The van der Waals surface area contributed by atoms with E-state index in [4.69, 9.17) is 55.7 Å². The van der Waals surface area contributed by atoms with E-state index in [1.165, 1.54) is 63.4 Å². The van der Waals surface area contributed by atoms with Crippen LogP contribution in [0.15, 0.2) is 91.1 Å². The summed E-state index contributed by atoms with van der Waals surface area (Å²) >= 11 is 6.40. The maximum Gasteiger partial charge on any atom is 0.410 e. The third-order valence-corrected chi connectivity index (χ3v) is 24.7. The second kappa shape index (κ2) is 48.1. The first kappa shape index (κ1) is 104. The van der Waals surface area contributed by atoms with Crippen LogP contribution in [0, 0.1) is 42.3 Å². The third-order valence-electron chi connectivity index (χ3n) is 24.4. The maximum absolute atomic E-state index is 15.1. The van der Waals surface area contributed by atoms with Gasteiger partial charge in [-0.25, -0.2) is 23.9 Å². The summed E-state index contributed by atoms with van der Waals surface area (Å²) in [5.74, 6) is -8.58. The fourth-order valence-electron chi connectivity index (χ4n) is 16.9. The molecule has 9 amide bonds. The number of amides is 9. The highest BCUT2D eigenvalue weighted by atomic mass is 35.5. The van der Waals surface area contributed by atoms with E-state index in [1.54, 1.807) is 116 Å². The summed E-state index contributed by atoms with van der Waals surface area (Å²) < 4.78 is 50.0. The van der Waals surface area contributed by atoms with Crippen LogP contribution in [0.2, 0.25) is 5.02 Å². The highest BCUT2D eigenvalue weighted by molar-refractivity contribution is 6.31. The van der Waals surface area contributed by atoms with Crippen molar-refractivity contribution in [2.24, 2.45) is 35.3 Å². The van der Waals surface area contributed by atoms with E-state index in [2.05, 4.69) is 47.1 Å². The number of aliphatic hydroxyl groups excluding tert-OH is 4. The Kier molecular flexibility index (Phi) is 38.2. The summed E-state index contributed by atoms with van der Waals surface area (Å²) in [7, 11) is 5.87. The van der Waals surface area contributed by atoms with Crippen LogP contribution in [-0.2, 0) is 73.4 Å². The average Bonchev–Trinajstić information content (AvgIpc) is 1.68. The lowest BCUT2D eigenvalue weighted by atomic mass is 9.89. The van der Waals surface area contributed by atoms with E-state index in [0.717, 1.165) is 29.0 Å². The Labute approximate surface area is 768 Å². The number of aromatic amines is 1. The maximum atomic E-state index is 15.1. The number of anilines is 3. The number of H-pyrrole nitrogens is 1. The van der Waals surface area contributed by atoms with Crippen molar-refractivity contribution >= 4 is 99.1 Å². The summed E-state index contributed by atoms with van der Waals surface area (Å²) in [5, 5.41) is 73.8. The summed E-state index contributed by atoms with van der Waals surface area (Å²) in [6.45, 7) is 21.9. The van der Waals surface area contributed by atoms with E-state index in [0.29, 0.717) is 88.8 Å². The van der Waals surface area contributed by atoms with Gasteiger partial charge in [0, 0.05) is 96.7 Å². The number of hydrogen-bond acceptors (Lipinski definition) is 25. The number of benzene rings is 4. The molecule has 3 aliphatic rings. The summed E-state index contributed by atoms with van der Waals surface area (Å²) in [5.41, 5.74) is 11.8. The number of imidazole rings is 1. The topological polar surface area (TPSA) is 492 Å². The number of likely N-dealkylation sites (tertiary alicyclic amines) is 1.